The van der Waals surface area contributed by atoms with E-state index in [1.165, 1.54) is 19.3 Å². The van der Waals surface area contributed by atoms with Gasteiger partial charge in [0.2, 0.25) is 6.54 Å². The highest BCUT2D eigenvalue weighted by Crippen LogP contribution is 2.27. The summed E-state index contributed by atoms with van der Waals surface area (Å²) in [7, 11) is 0. The molecular formula is C24H37BrN3O3+. The lowest BCUT2D eigenvalue weighted by Crippen LogP contribution is -2.48. The van der Waals surface area contributed by atoms with Crippen molar-refractivity contribution in [2.24, 2.45) is 0 Å². The SMILES string of the molecule is Br.C.Cc1cccc(C(=O)OC(C)(C)C)c1NC(=O)C[n+]1cccn1C1CCCCC1. The van der Waals surface area contributed by atoms with E-state index in [2.05, 4.69) is 10.00 Å². The minimum atomic E-state index is -0.598. The molecule has 0 spiro atoms. The summed E-state index contributed by atoms with van der Waals surface area (Å²) in [5, 5.41) is 2.94. The Kier molecular flexibility index (Phi) is 9.94. The van der Waals surface area contributed by atoms with Crippen LogP contribution in [0.4, 0.5) is 5.69 Å². The number of anilines is 1. The number of para-hydroxylation sites is 1. The van der Waals surface area contributed by atoms with E-state index in [0.717, 1.165) is 18.4 Å². The molecule has 0 atom stereocenters. The number of benzene rings is 1. The van der Waals surface area contributed by atoms with Gasteiger partial charge in [0.1, 0.15) is 5.60 Å². The van der Waals surface area contributed by atoms with Gasteiger partial charge in [0, 0.05) is 6.07 Å². The summed E-state index contributed by atoms with van der Waals surface area (Å²) < 4.78 is 9.63. The van der Waals surface area contributed by atoms with Gasteiger partial charge in [-0.3, -0.25) is 4.79 Å². The molecule has 172 valence electrons. The van der Waals surface area contributed by atoms with E-state index in [9.17, 15) is 9.59 Å². The monoisotopic (exact) mass is 494 g/mol. The number of carbonyl (C=O) groups excluding carboxylic acids is 2. The first kappa shape index (κ1) is 26.9. The van der Waals surface area contributed by atoms with Gasteiger partial charge in [0.25, 0.3) is 5.91 Å². The van der Waals surface area contributed by atoms with E-state index in [-0.39, 0.29) is 36.9 Å². The lowest BCUT2D eigenvalue weighted by Gasteiger charge is -2.21. The second kappa shape index (κ2) is 11.5. The first-order valence-corrected chi connectivity index (χ1v) is 10.4. The number of halogens is 1. The Hall–Kier alpha value is -2.15. The zero-order valence-electron chi connectivity index (χ0n) is 18.3. The number of nitrogens with zero attached hydrogens (tertiary/aromatic N) is 2. The van der Waals surface area contributed by atoms with Crippen LogP contribution in [0.2, 0.25) is 0 Å². The fourth-order valence-corrected chi connectivity index (χ4v) is 3.86. The largest absolute Gasteiger partial charge is 0.456 e. The van der Waals surface area contributed by atoms with Crippen LogP contribution in [0.25, 0.3) is 0 Å². The number of amides is 1. The third kappa shape index (κ3) is 7.20. The molecule has 0 saturated heterocycles. The van der Waals surface area contributed by atoms with Gasteiger partial charge in [0.05, 0.1) is 23.5 Å². The van der Waals surface area contributed by atoms with Crippen molar-refractivity contribution in [3.8, 4) is 0 Å². The summed E-state index contributed by atoms with van der Waals surface area (Å²) in [6.07, 6.45) is 10.0. The maximum absolute atomic E-state index is 12.8. The van der Waals surface area contributed by atoms with Crippen LogP contribution in [0, 0.1) is 6.92 Å². The average molecular weight is 495 g/mol. The van der Waals surface area contributed by atoms with Crippen molar-refractivity contribution in [1.82, 2.24) is 4.68 Å². The molecule has 2 aromatic rings. The van der Waals surface area contributed by atoms with E-state index in [1.807, 2.05) is 56.9 Å². The number of ether oxygens (including phenoxy) is 1. The molecule has 3 rings (SSSR count). The normalized spacial score (nSPS) is 14.2. The summed E-state index contributed by atoms with van der Waals surface area (Å²) in [6.45, 7) is 7.56. The molecule has 1 aliphatic carbocycles. The Morgan fingerprint density at radius 2 is 1.84 bits per heavy atom. The Labute approximate surface area is 196 Å². The van der Waals surface area contributed by atoms with Crippen molar-refractivity contribution in [2.45, 2.75) is 85.4 Å². The summed E-state index contributed by atoms with van der Waals surface area (Å²) >= 11 is 0. The van der Waals surface area contributed by atoms with Crippen LogP contribution in [-0.4, -0.2) is 22.2 Å². The molecular weight excluding hydrogens is 458 g/mol. The van der Waals surface area contributed by atoms with Gasteiger partial charge in [-0.2, -0.15) is 4.68 Å². The van der Waals surface area contributed by atoms with Crippen molar-refractivity contribution < 1.29 is 19.0 Å². The van der Waals surface area contributed by atoms with Gasteiger partial charge in [-0.15, -0.1) is 21.7 Å². The van der Waals surface area contributed by atoms with Crippen molar-refractivity contribution >= 4 is 34.5 Å². The first-order chi connectivity index (χ1) is 13.7. The second-order valence-corrected chi connectivity index (χ2v) is 8.81. The Morgan fingerprint density at radius 3 is 2.48 bits per heavy atom. The highest BCUT2D eigenvalue weighted by Gasteiger charge is 2.25. The summed E-state index contributed by atoms with van der Waals surface area (Å²) in [5.41, 5.74) is 1.12. The number of nitrogens with one attached hydrogen (secondary N) is 1. The molecule has 1 fully saturated rings. The zero-order valence-corrected chi connectivity index (χ0v) is 20.0. The molecule has 1 heterocycles. The molecule has 0 aliphatic heterocycles. The molecule has 31 heavy (non-hydrogen) atoms. The van der Waals surface area contributed by atoms with Crippen LogP contribution < -0.4 is 10.00 Å². The van der Waals surface area contributed by atoms with E-state index < -0.39 is 11.6 Å². The maximum Gasteiger partial charge on any atom is 0.340 e. The van der Waals surface area contributed by atoms with Gasteiger partial charge in [0.15, 0.2) is 6.20 Å². The number of aryl methyl sites for hydroxylation is 1. The van der Waals surface area contributed by atoms with Crippen LogP contribution in [0.15, 0.2) is 36.7 Å². The third-order valence-corrected chi connectivity index (χ3v) is 5.20. The third-order valence-electron chi connectivity index (χ3n) is 5.20. The molecule has 1 N–H and O–H groups in total. The van der Waals surface area contributed by atoms with Crippen LogP contribution in [-0.2, 0) is 16.1 Å². The van der Waals surface area contributed by atoms with Crippen LogP contribution >= 0.6 is 17.0 Å². The topological polar surface area (TPSA) is 64.2 Å². The molecule has 0 unspecified atom stereocenters. The van der Waals surface area contributed by atoms with Gasteiger partial charge in [-0.1, -0.05) is 38.8 Å². The van der Waals surface area contributed by atoms with E-state index in [1.54, 1.807) is 12.1 Å². The van der Waals surface area contributed by atoms with Gasteiger partial charge < -0.3 is 10.1 Å². The Bertz CT molecular complexity index is 880. The highest BCUT2D eigenvalue weighted by molar-refractivity contribution is 8.93. The van der Waals surface area contributed by atoms with Crippen LogP contribution in [0.3, 0.4) is 0 Å². The molecule has 1 aromatic heterocycles. The predicted octanol–water partition coefficient (Wildman–Crippen LogP) is 5.40. The van der Waals surface area contributed by atoms with Crippen LogP contribution in [0.5, 0.6) is 0 Å². The molecule has 6 nitrogen and oxygen atoms in total. The molecule has 1 amide bonds. The first-order valence-electron chi connectivity index (χ1n) is 10.4. The molecule has 1 aromatic carbocycles. The Balaban J connectivity index is 0.00000240. The van der Waals surface area contributed by atoms with Gasteiger partial charge in [-0.05, 0) is 52.2 Å². The van der Waals surface area contributed by atoms with Gasteiger partial charge in [-0.25, -0.2) is 4.79 Å². The zero-order chi connectivity index (χ0) is 21.0. The summed E-state index contributed by atoms with van der Waals surface area (Å²) in [6, 6.07) is 7.78. The fourth-order valence-electron chi connectivity index (χ4n) is 3.86. The maximum atomic E-state index is 12.8. The number of carbonyl (C=O) groups is 2. The molecule has 0 bridgehead atoms. The predicted molar refractivity (Wildman–Crippen MR) is 129 cm³/mol. The molecule has 1 aliphatic rings. The van der Waals surface area contributed by atoms with Crippen molar-refractivity contribution in [1.29, 1.82) is 0 Å². The van der Waals surface area contributed by atoms with Crippen LogP contribution in [0.1, 0.15) is 82.3 Å². The summed E-state index contributed by atoms with van der Waals surface area (Å²) in [4.78, 5) is 25.4. The number of hydrogen-bond acceptors (Lipinski definition) is 3. The number of hydrogen-bond donors (Lipinski definition) is 1. The van der Waals surface area contributed by atoms with E-state index in [0.29, 0.717) is 17.3 Å². The smallest absolute Gasteiger partial charge is 0.340 e. The van der Waals surface area contributed by atoms with Gasteiger partial charge >= 0.3 is 5.97 Å². The lowest BCUT2D eigenvalue weighted by atomic mass is 9.96. The van der Waals surface area contributed by atoms with E-state index >= 15 is 0 Å². The number of aromatic nitrogens is 2. The van der Waals surface area contributed by atoms with Crippen molar-refractivity contribution in [2.75, 3.05) is 5.32 Å². The second-order valence-electron chi connectivity index (χ2n) is 8.81. The standard InChI is InChI=1S/C23H31N3O3.CH4.BrH/c1-17-10-8-13-19(22(28)29-23(2,3)4)21(17)24-20(27)16-25-14-9-15-26(25)18-11-6-5-7-12-18;;/h8-10,13-15,18H,5-7,11-12,16H2,1-4H3;1H4;1H/p+1. The fraction of sp³-hybridized carbons (Fsp3) is 0.542. The van der Waals surface area contributed by atoms with Crippen molar-refractivity contribution in [3.63, 3.8) is 0 Å². The Morgan fingerprint density at radius 1 is 1.16 bits per heavy atom. The molecule has 0 radical (unpaired) electrons. The summed E-state index contributed by atoms with van der Waals surface area (Å²) in [5.74, 6) is -0.598. The lowest BCUT2D eigenvalue weighted by molar-refractivity contribution is -0.767. The average Bonchev–Trinajstić information content (AvgIpc) is 3.10. The number of rotatable bonds is 5. The quantitative estimate of drug-likeness (QED) is 0.447. The van der Waals surface area contributed by atoms with Crippen molar-refractivity contribution in [3.05, 3.63) is 47.8 Å². The minimum absolute atomic E-state index is 0. The molecule has 7 heteroatoms. The number of esters is 1. The molecule has 1 saturated carbocycles. The minimum Gasteiger partial charge on any atom is -0.456 e. The van der Waals surface area contributed by atoms with E-state index in [4.69, 9.17) is 4.74 Å². The highest BCUT2D eigenvalue weighted by atomic mass is 79.9.